The van der Waals surface area contributed by atoms with Gasteiger partial charge >= 0.3 is 0 Å². The van der Waals surface area contributed by atoms with Gasteiger partial charge in [-0.1, -0.05) is 42.6 Å². The van der Waals surface area contributed by atoms with Gasteiger partial charge in [-0.15, -0.1) is 0 Å². The van der Waals surface area contributed by atoms with Crippen LogP contribution in [-0.2, 0) is 20.1 Å². The van der Waals surface area contributed by atoms with Crippen LogP contribution in [0.25, 0.3) is 28.6 Å². The maximum Gasteiger partial charge on any atom is 0.138 e. The Bertz CT molecular complexity index is 977. The van der Waals surface area contributed by atoms with Gasteiger partial charge in [-0.25, -0.2) is 10.1 Å². The van der Waals surface area contributed by atoms with E-state index in [1.165, 1.54) is 17.3 Å². The van der Waals surface area contributed by atoms with Crippen LogP contribution in [-0.4, -0.2) is 35.0 Å². The van der Waals surface area contributed by atoms with E-state index in [9.17, 15) is 0 Å². The van der Waals surface area contributed by atoms with Crippen LogP contribution in [0.4, 0.5) is 0 Å². The number of rotatable bonds is 3. The van der Waals surface area contributed by atoms with Gasteiger partial charge in [-0.05, 0) is 35.5 Å². The zero-order valence-electron chi connectivity index (χ0n) is 14.2. The molecule has 0 spiro atoms. The number of pyridine rings is 1. The Balaban J connectivity index is 0.000000175. The number of hydrogen-bond donors (Lipinski definition) is 0. The summed E-state index contributed by atoms with van der Waals surface area (Å²) in [7, 11) is 0. The second kappa shape index (κ2) is 9.45. The summed E-state index contributed by atoms with van der Waals surface area (Å²) < 4.78 is 6.05. The summed E-state index contributed by atoms with van der Waals surface area (Å²) in [6.07, 6.45) is 8.71. The monoisotopic (exact) mass is 549 g/mol. The van der Waals surface area contributed by atoms with Crippen LogP contribution in [0.3, 0.4) is 0 Å². The van der Waals surface area contributed by atoms with Gasteiger partial charge < -0.3 is 14.6 Å². The first kappa shape index (κ1) is 19.3. The van der Waals surface area contributed by atoms with Crippen molar-refractivity contribution < 1.29 is 24.6 Å². The molecule has 1 radical (unpaired) electrons. The van der Waals surface area contributed by atoms with Crippen LogP contribution in [0.15, 0.2) is 78.2 Å². The third-order valence-corrected chi connectivity index (χ3v) is 3.42. The van der Waals surface area contributed by atoms with E-state index in [-0.39, 0.29) is 20.1 Å². The molecule has 4 aromatic heterocycles. The van der Waals surface area contributed by atoms with Crippen molar-refractivity contribution in [1.29, 1.82) is 0 Å². The molecule has 0 aliphatic carbocycles. The van der Waals surface area contributed by atoms with Crippen LogP contribution < -0.4 is 5.10 Å². The second-order valence-electron chi connectivity index (χ2n) is 5.19. The zero-order valence-corrected chi connectivity index (χ0v) is 16.6. The van der Waals surface area contributed by atoms with E-state index in [0.717, 1.165) is 11.3 Å². The van der Waals surface area contributed by atoms with Gasteiger partial charge in [0, 0.05) is 26.3 Å². The molecule has 0 fully saturated rings. The molecule has 1 aromatic carbocycles. The third kappa shape index (κ3) is 4.61. The van der Waals surface area contributed by atoms with E-state index >= 15 is 0 Å². The molecular formula is C18H12IrN8O-2. The fourth-order valence-corrected chi connectivity index (χ4v) is 2.17. The largest absolute Gasteiger partial charge is 0.471 e. The summed E-state index contributed by atoms with van der Waals surface area (Å²) in [5.41, 5.74) is 2.35. The van der Waals surface area contributed by atoms with Crippen molar-refractivity contribution >= 4 is 0 Å². The van der Waals surface area contributed by atoms with E-state index in [4.69, 9.17) is 0 Å². The molecule has 0 atom stereocenters. The van der Waals surface area contributed by atoms with Crippen LogP contribution >= 0.6 is 0 Å². The SMILES string of the molecule is [Ir].[c-]1nocc1-n1cncn1.c1ccc(-c2n[n-]c(-c3ccccn3)n2)cc1. The van der Waals surface area contributed by atoms with Gasteiger partial charge in [0.2, 0.25) is 0 Å². The molecule has 141 valence electrons. The van der Waals surface area contributed by atoms with E-state index in [1.807, 2.05) is 48.5 Å². The van der Waals surface area contributed by atoms with Crippen molar-refractivity contribution in [3.05, 3.63) is 79.8 Å². The van der Waals surface area contributed by atoms with E-state index in [0.29, 0.717) is 17.3 Å². The number of nitrogens with zero attached hydrogens (tertiary/aromatic N) is 8. The molecule has 0 unspecified atom stereocenters. The third-order valence-electron chi connectivity index (χ3n) is 3.42. The van der Waals surface area contributed by atoms with Crippen molar-refractivity contribution in [2.45, 2.75) is 0 Å². The van der Waals surface area contributed by atoms with Gasteiger partial charge in [0.1, 0.15) is 12.7 Å². The standard InChI is InChI=1S/C13H9N4.C5H3N4O.Ir/c1-2-6-10(7-3-1)12-15-13(17-16-12)11-8-4-5-9-14-11;1-5(2-10-8-1)9-4-6-3-7-9;/h1-9H;2-4H;/q2*-1;. The molecule has 10 heteroatoms. The Morgan fingerprint density at radius 1 is 1.04 bits per heavy atom. The zero-order chi connectivity index (χ0) is 18.3. The molecule has 0 aliphatic rings. The van der Waals surface area contributed by atoms with Crippen molar-refractivity contribution in [3.8, 4) is 28.6 Å². The minimum absolute atomic E-state index is 0. The van der Waals surface area contributed by atoms with Crippen LogP contribution in [0.1, 0.15) is 0 Å². The van der Waals surface area contributed by atoms with Gasteiger partial charge in [-0.3, -0.25) is 14.8 Å². The molecular weight excluding hydrogens is 536 g/mol. The Hall–Kier alpha value is -3.49. The Morgan fingerprint density at radius 3 is 2.57 bits per heavy atom. The van der Waals surface area contributed by atoms with Gasteiger partial charge in [0.15, 0.2) is 0 Å². The number of hydrogen-bond acceptors (Lipinski definition) is 7. The fraction of sp³-hybridized carbons (Fsp3) is 0. The van der Waals surface area contributed by atoms with Gasteiger partial charge in [0.25, 0.3) is 0 Å². The fourth-order valence-electron chi connectivity index (χ4n) is 2.17. The average Bonchev–Trinajstić information content (AvgIpc) is 3.52. The van der Waals surface area contributed by atoms with E-state index in [2.05, 4.69) is 46.1 Å². The Labute approximate surface area is 173 Å². The second-order valence-corrected chi connectivity index (χ2v) is 5.19. The van der Waals surface area contributed by atoms with Crippen molar-refractivity contribution in [2.75, 3.05) is 0 Å². The first-order valence-corrected chi connectivity index (χ1v) is 7.91. The van der Waals surface area contributed by atoms with Crippen molar-refractivity contribution in [3.63, 3.8) is 0 Å². The summed E-state index contributed by atoms with van der Waals surface area (Å²) in [6.45, 7) is 0. The van der Waals surface area contributed by atoms with Crippen LogP contribution in [0.2, 0.25) is 0 Å². The van der Waals surface area contributed by atoms with Crippen LogP contribution in [0.5, 0.6) is 0 Å². The van der Waals surface area contributed by atoms with E-state index < -0.39 is 0 Å². The average molecular weight is 549 g/mol. The quantitative estimate of drug-likeness (QED) is 0.316. The molecule has 5 rings (SSSR count). The predicted octanol–water partition coefficient (Wildman–Crippen LogP) is 2.22. The number of benzene rings is 1. The van der Waals surface area contributed by atoms with Crippen molar-refractivity contribution in [2.24, 2.45) is 0 Å². The smallest absolute Gasteiger partial charge is 0.138 e. The maximum absolute atomic E-state index is 4.54. The molecule has 28 heavy (non-hydrogen) atoms. The molecule has 0 aliphatic heterocycles. The first-order valence-electron chi connectivity index (χ1n) is 7.91. The topological polar surface area (TPSA) is 110 Å². The minimum atomic E-state index is 0. The summed E-state index contributed by atoms with van der Waals surface area (Å²) in [5.74, 6) is 1.19. The normalized spacial score (nSPS) is 9.86. The van der Waals surface area contributed by atoms with Gasteiger partial charge in [0.05, 0.1) is 11.5 Å². The minimum Gasteiger partial charge on any atom is -0.471 e. The Kier molecular flexibility index (Phi) is 6.50. The summed E-state index contributed by atoms with van der Waals surface area (Å²) in [4.78, 5) is 12.3. The van der Waals surface area contributed by atoms with Crippen molar-refractivity contribution in [1.82, 2.24) is 40.1 Å². The molecule has 0 N–H and O–H groups in total. The molecule has 0 saturated carbocycles. The summed E-state index contributed by atoms with van der Waals surface area (Å²) in [6, 6.07) is 15.4. The molecule has 5 aromatic rings. The maximum atomic E-state index is 4.54. The summed E-state index contributed by atoms with van der Waals surface area (Å²) in [5, 5.41) is 15.3. The molecule has 4 heterocycles. The van der Waals surface area contributed by atoms with E-state index in [1.54, 1.807) is 12.5 Å². The molecule has 9 nitrogen and oxygen atoms in total. The molecule has 0 saturated heterocycles. The number of aromatic nitrogens is 8. The first-order chi connectivity index (χ1) is 13.4. The molecule has 0 amide bonds. The van der Waals surface area contributed by atoms with Gasteiger partial charge in [-0.2, -0.15) is 5.10 Å². The molecule has 0 bridgehead atoms. The van der Waals surface area contributed by atoms with Crippen LogP contribution in [0, 0.1) is 6.20 Å². The Morgan fingerprint density at radius 2 is 1.89 bits per heavy atom. The summed E-state index contributed by atoms with van der Waals surface area (Å²) >= 11 is 0. The predicted molar refractivity (Wildman–Crippen MR) is 94.3 cm³/mol.